The number of carbonyl (C=O) groups is 3. The molecule has 1 fully saturated rings. The van der Waals surface area contributed by atoms with E-state index in [9.17, 15) is 14.4 Å². The quantitative estimate of drug-likeness (QED) is 0.497. The molecule has 1 saturated heterocycles. The Labute approximate surface area is 125 Å². The Bertz CT molecular complexity index is 622. The maximum Gasteiger partial charge on any atom is 0.246 e. The van der Waals surface area contributed by atoms with Crippen molar-refractivity contribution < 1.29 is 14.4 Å². The summed E-state index contributed by atoms with van der Waals surface area (Å²) in [5.41, 5.74) is 0.620. The van der Waals surface area contributed by atoms with Gasteiger partial charge in [-0.2, -0.15) is 0 Å². The summed E-state index contributed by atoms with van der Waals surface area (Å²) in [4.78, 5) is 35.1. The molecule has 0 spiro atoms. The Balaban J connectivity index is 2.16. The summed E-state index contributed by atoms with van der Waals surface area (Å²) in [5.74, 6) is -3.53. The molecule has 1 aliphatic heterocycles. The zero-order valence-corrected chi connectivity index (χ0v) is 11.6. The van der Waals surface area contributed by atoms with E-state index in [2.05, 4.69) is 22.9 Å². The SMILES string of the molecule is O=C(/C=C/c1ccccc1Cl)C1C(=O)NC(=S)NC1=O. The van der Waals surface area contributed by atoms with Crippen LogP contribution in [-0.2, 0) is 14.4 Å². The van der Waals surface area contributed by atoms with Crippen molar-refractivity contribution in [2.24, 2.45) is 5.92 Å². The number of thiocarbonyl (C=S) groups is 1. The predicted octanol–water partition coefficient (Wildman–Crippen LogP) is 1.07. The van der Waals surface area contributed by atoms with Crippen LogP contribution < -0.4 is 10.6 Å². The lowest BCUT2D eigenvalue weighted by molar-refractivity contribution is -0.140. The number of nitrogens with one attached hydrogen (secondary N) is 2. The van der Waals surface area contributed by atoms with Crippen molar-refractivity contribution in [2.75, 3.05) is 0 Å². The molecule has 2 rings (SSSR count). The molecule has 0 radical (unpaired) electrons. The van der Waals surface area contributed by atoms with Gasteiger partial charge in [0.05, 0.1) is 0 Å². The molecule has 0 atom stereocenters. The number of benzene rings is 1. The molecular weight excluding hydrogens is 300 g/mol. The lowest BCUT2D eigenvalue weighted by Gasteiger charge is -2.20. The Morgan fingerprint density at radius 2 is 1.80 bits per heavy atom. The monoisotopic (exact) mass is 308 g/mol. The average molecular weight is 309 g/mol. The van der Waals surface area contributed by atoms with Gasteiger partial charge in [-0.3, -0.25) is 14.4 Å². The van der Waals surface area contributed by atoms with E-state index < -0.39 is 23.5 Å². The van der Waals surface area contributed by atoms with Crippen molar-refractivity contribution >= 4 is 52.6 Å². The summed E-state index contributed by atoms with van der Waals surface area (Å²) in [6.07, 6.45) is 2.61. The number of hydrogen-bond donors (Lipinski definition) is 2. The van der Waals surface area contributed by atoms with Crippen LogP contribution in [0.15, 0.2) is 30.3 Å². The smallest absolute Gasteiger partial charge is 0.246 e. The highest BCUT2D eigenvalue weighted by Crippen LogP contribution is 2.17. The Morgan fingerprint density at radius 1 is 1.20 bits per heavy atom. The molecule has 0 saturated carbocycles. The molecule has 102 valence electrons. The summed E-state index contributed by atoms with van der Waals surface area (Å²) >= 11 is 10.6. The average Bonchev–Trinajstić information content (AvgIpc) is 2.36. The highest BCUT2D eigenvalue weighted by atomic mass is 35.5. The zero-order chi connectivity index (χ0) is 14.7. The van der Waals surface area contributed by atoms with Crippen LogP contribution in [0.4, 0.5) is 0 Å². The standard InChI is InChI=1S/C13H9ClN2O3S/c14-8-4-2-1-3-7(8)5-6-9(17)10-11(18)15-13(20)16-12(10)19/h1-6,10H,(H2,15,16,18,19,20)/b6-5+. The Morgan fingerprint density at radius 3 is 2.40 bits per heavy atom. The first-order valence-electron chi connectivity index (χ1n) is 5.61. The van der Waals surface area contributed by atoms with Gasteiger partial charge in [0.25, 0.3) is 0 Å². The highest BCUT2D eigenvalue weighted by molar-refractivity contribution is 7.80. The Hall–Kier alpha value is -2.05. The van der Waals surface area contributed by atoms with Gasteiger partial charge in [0, 0.05) is 5.02 Å². The van der Waals surface area contributed by atoms with E-state index in [-0.39, 0.29) is 5.11 Å². The van der Waals surface area contributed by atoms with Crippen molar-refractivity contribution in [1.82, 2.24) is 10.6 Å². The molecule has 2 amide bonds. The molecule has 0 aliphatic carbocycles. The predicted molar refractivity (Wildman–Crippen MR) is 77.9 cm³/mol. The van der Waals surface area contributed by atoms with Crippen LogP contribution >= 0.6 is 23.8 Å². The third-order valence-corrected chi connectivity index (χ3v) is 3.16. The summed E-state index contributed by atoms with van der Waals surface area (Å²) in [5, 5.41) is 4.83. The number of halogens is 1. The first kappa shape index (κ1) is 14.4. The van der Waals surface area contributed by atoms with Gasteiger partial charge in [-0.1, -0.05) is 29.8 Å². The van der Waals surface area contributed by atoms with Gasteiger partial charge in [0.1, 0.15) is 0 Å². The van der Waals surface area contributed by atoms with Crippen LogP contribution in [0.5, 0.6) is 0 Å². The molecule has 0 unspecified atom stereocenters. The molecule has 1 aliphatic rings. The molecule has 0 aromatic heterocycles. The fourth-order valence-corrected chi connectivity index (χ4v) is 2.06. The van der Waals surface area contributed by atoms with Crippen LogP contribution in [0.25, 0.3) is 6.08 Å². The number of ketones is 1. The number of amides is 2. The third kappa shape index (κ3) is 3.09. The van der Waals surface area contributed by atoms with Gasteiger partial charge >= 0.3 is 0 Å². The highest BCUT2D eigenvalue weighted by Gasteiger charge is 2.37. The van der Waals surface area contributed by atoms with Gasteiger partial charge in [0.15, 0.2) is 16.8 Å². The maximum atomic E-state index is 11.9. The summed E-state index contributed by atoms with van der Waals surface area (Å²) in [6.45, 7) is 0. The molecule has 2 N–H and O–H groups in total. The lowest BCUT2D eigenvalue weighted by Crippen LogP contribution is -2.57. The lowest BCUT2D eigenvalue weighted by atomic mass is 9.99. The van der Waals surface area contributed by atoms with Crippen molar-refractivity contribution in [3.63, 3.8) is 0 Å². The fourth-order valence-electron chi connectivity index (χ4n) is 1.66. The summed E-state index contributed by atoms with van der Waals surface area (Å²) < 4.78 is 0. The normalized spacial score (nSPS) is 16.1. The first-order chi connectivity index (χ1) is 9.49. The number of allylic oxidation sites excluding steroid dienone is 1. The molecular formula is C13H9ClN2O3S. The van der Waals surface area contributed by atoms with E-state index in [1.54, 1.807) is 24.3 Å². The van der Waals surface area contributed by atoms with Crippen molar-refractivity contribution in [3.8, 4) is 0 Å². The number of carbonyl (C=O) groups excluding carboxylic acids is 3. The van der Waals surface area contributed by atoms with E-state index in [4.69, 9.17) is 11.6 Å². The van der Waals surface area contributed by atoms with E-state index in [0.717, 1.165) is 6.08 Å². The second-order valence-electron chi connectivity index (χ2n) is 4.00. The second kappa shape index (κ2) is 5.94. The zero-order valence-electron chi connectivity index (χ0n) is 10.1. The molecule has 5 nitrogen and oxygen atoms in total. The van der Waals surface area contributed by atoms with E-state index in [1.807, 2.05) is 0 Å². The minimum absolute atomic E-state index is 0.0980. The van der Waals surface area contributed by atoms with Gasteiger partial charge in [0.2, 0.25) is 11.8 Å². The first-order valence-corrected chi connectivity index (χ1v) is 6.40. The number of hydrogen-bond acceptors (Lipinski definition) is 4. The van der Waals surface area contributed by atoms with E-state index in [1.165, 1.54) is 6.08 Å². The molecule has 1 heterocycles. The molecule has 0 bridgehead atoms. The largest absolute Gasteiger partial charge is 0.302 e. The summed E-state index contributed by atoms with van der Waals surface area (Å²) in [6, 6.07) is 6.89. The molecule has 1 aromatic carbocycles. The van der Waals surface area contributed by atoms with Crippen molar-refractivity contribution in [2.45, 2.75) is 0 Å². The summed E-state index contributed by atoms with van der Waals surface area (Å²) in [7, 11) is 0. The second-order valence-corrected chi connectivity index (χ2v) is 4.81. The number of rotatable bonds is 3. The van der Waals surface area contributed by atoms with Gasteiger partial charge in [-0.25, -0.2) is 0 Å². The Kier molecular flexibility index (Phi) is 4.26. The molecule has 1 aromatic rings. The fraction of sp³-hybridized carbons (Fsp3) is 0.0769. The van der Waals surface area contributed by atoms with Gasteiger partial charge in [-0.15, -0.1) is 0 Å². The topological polar surface area (TPSA) is 75.3 Å². The maximum absolute atomic E-state index is 11.9. The minimum atomic E-state index is -1.43. The van der Waals surface area contributed by atoms with Crippen LogP contribution in [0.3, 0.4) is 0 Å². The van der Waals surface area contributed by atoms with Crippen LogP contribution in [-0.4, -0.2) is 22.7 Å². The van der Waals surface area contributed by atoms with E-state index in [0.29, 0.717) is 10.6 Å². The van der Waals surface area contributed by atoms with Gasteiger partial charge < -0.3 is 10.6 Å². The van der Waals surface area contributed by atoms with Crippen molar-refractivity contribution in [1.29, 1.82) is 0 Å². The molecule has 7 heteroatoms. The van der Waals surface area contributed by atoms with Crippen LogP contribution in [0.1, 0.15) is 5.56 Å². The minimum Gasteiger partial charge on any atom is -0.302 e. The van der Waals surface area contributed by atoms with Crippen LogP contribution in [0, 0.1) is 5.92 Å². The van der Waals surface area contributed by atoms with E-state index >= 15 is 0 Å². The van der Waals surface area contributed by atoms with Crippen molar-refractivity contribution in [3.05, 3.63) is 40.9 Å². The van der Waals surface area contributed by atoms with Gasteiger partial charge in [-0.05, 0) is 36.0 Å². The van der Waals surface area contributed by atoms with Crippen LogP contribution in [0.2, 0.25) is 5.02 Å². The third-order valence-electron chi connectivity index (χ3n) is 2.61. The molecule has 20 heavy (non-hydrogen) atoms.